The molecule has 0 amide bonds. The molecule has 0 saturated heterocycles. The molecule has 0 bridgehead atoms. The van der Waals surface area contributed by atoms with Gasteiger partial charge in [-0.2, -0.15) is 0 Å². The number of aliphatic hydroxyl groups excluding tert-OH is 1. The Hall–Kier alpha value is -7.34. The maximum atomic E-state index is 9.72. The highest BCUT2D eigenvalue weighted by Crippen LogP contribution is 2.35. The highest BCUT2D eigenvalue weighted by molar-refractivity contribution is 5.94. The number of aryl methyl sites for hydroxylation is 1. The Morgan fingerprint density at radius 1 is 0.338 bits per heavy atom. The highest BCUT2D eigenvalue weighted by Gasteiger charge is 2.08. The first-order chi connectivity index (χ1) is 32.8. The van der Waals surface area contributed by atoms with E-state index in [0.29, 0.717) is 16.5 Å². The lowest BCUT2D eigenvalue weighted by atomic mass is 10.1. The van der Waals surface area contributed by atoms with Crippen molar-refractivity contribution >= 4 is 53.9 Å². The lowest BCUT2D eigenvalue weighted by molar-refractivity contribution is 0.399. The molecule has 0 unspecified atom stereocenters. The van der Waals surface area contributed by atoms with E-state index in [9.17, 15) is 15.3 Å². The molecule has 0 fully saturated rings. The summed E-state index contributed by atoms with van der Waals surface area (Å²) in [6, 6.07) is 69.7. The molecular formula is C63H78O5. The van der Waals surface area contributed by atoms with Gasteiger partial charge in [0.2, 0.25) is 0 Å². The van der Waals surface area contributed by atoms with E-state index in [4.69, 9.17) is 9.84 Å². The second kappa shape index (κ2) is 36.8. The first-order valence-electron chi connectivity index (χ1n) is 23.3. The number of phenols is 3. The van der Waals surface area contributed by atoms with Crippen molar-refractivity contribution in [3.8, 4) is 23.0 Å². The zero-order valence-corrected chi connectivity index (χ0v) is 41.6. The molecule has 360 valence electrons. The molecule has 5 heteroatoms. The summed E-state index contributed by atoms with van der Waals surface area (Å²) in [4.78, 5) is 0. The van der Waals surface area contributed by atoms with Crippen LogP contribution in [0.4, 0.5) is 0 Å². The van der Waals surface area contributed by atoms with Crippen LogP contribution in [0.1, 0.15) is 74.8 Å². The van der Waals surface area contributed by atoms with Gasteiger partial charge < -0.3 is 25.2 Å². The molecule has 68 heavy (non-hydrogen) atoms. The molecular weight excluding hydrogens is 837 g/mol. The zero-order chi connectivity index (χ0) is 49.8. The van der Waals surface area contributed by atoms with Crippen molar-refractivity contribution in [3.05, 3.63) is 218 Å². The lowest BCUT2D eigenvalue weighted by Crippen LogP contribution is -1.88. The van der Waals surface area contributed by atoms with Gasteiger partial charge in [-0.15, -0.1) is 0 Å². The summed E-state index contributed by atoms with van der Waals surface area (Å²) < 4.78 is 5.30. The molecule has 0 atom stereocenters. The van der Waals surface area contributed by atoms with Crippen LogP contribution in [0.25, 0.3) is 53.9 Å². The normalized spacial score (nSPS) is 9.00. The Kier molecular flexibility index (Phi) is 32.9. The molecule has 5 nitrogen and oxygen atoms in total. The number of aliphatic hydroxyl groups is 1. The van der Waals surface area contributed by atoms with E-state index in [1.807, 2.05) is 84.9 Å². The predicted molar refractivity (Wildman–Crippen MR) is 301 cm³/mol. The third kappa shape index (κ3) is 19.6. The standard InChI is InChI=1S/C12H12O2.C10H8O2.3C10H8.C3H8.3C2H6.CH4O.CH4/c1-8-7-11(13)9-5-3-4-6-10(9)12(8)14-2;11-9-5-6-10(12)8-4-2-1-3-7(8)9;3*1-2-6-10-8-4-3-7-9(10)5-1;1-3-2;4*1-2;/h3-7,13H,1-2H3;1-6,11-12H;3*1-8H;3H2,1-2H3;3*1-2H3;2H,1H3;1H4. The van der Waals surface area contributed by atoms with Crippen LogP contribution in [0, 0.1) is 6.92 Å². The fraction of sp³-hybridized carbons (Fsp3) is 0.206. The summed E-state index contributed by atoms with van der Waals surface area (Å²) >= 11 is 0. The fourth-order valence-electron chi connectivity index (χ4n) is 6.40. The average Bonchev–Trinajstić information content (AvgIpc) is 3.41. The fourth-order valence-corrected chi connectivity index (χ4v) is 6.40. The number of hydrogen-bond donors (Lipinski definition) is 4. The van der Waals surface area contributed by atoms with Crippen molar-refractivity contribution in [2.45, 2.75) is 76.2 Å². The Bertz CT molecular complexity index is 2430. The third-order valence-electron chi connectivity index (χ3n) is 9.22. The SMILES string of the molecule is C.CC.CC.CC.CCC.CO.COc1c(C)cc(O)c2ccccc12.Oc1ccc(O)c2ccccc12.c1ccc2ccccc2c1.c1ccc2ccccc2c1.c1ccc2ccccc2c1. The summed E-state index contributed by atoms with van der Waals surface area (Å²) in [6.45, 7) is 18.2. The van der Waals surface area contributed by atoms with Crippen LogP contribution >= 0.6 is 0 Å². The Labute approximate surface area is 408 Å². The molecule has 0 aliphatic carbocycles. The van der Waals surface area contributed by atoms with Crippen LogP contribution in [0.2, 0.25) is 0 Å². The van der Waals surface area contributed by atoms with Crippen molar-refractivity contribution in [3.63, 3.8) is 0 Å². The molecule has 0 saturated carbocycles. The van der Waals surface area contributed by atoms with Gasteiger partial charge in [0.15, 0.2) is 0 Å². The van der Waals surface area contributed by atoms with E-state index in [0.717, 1.165) is 29.2 Å². The predicted octanol–water partition coefficient (Wildman–Crippen LogP) is 18.4. The van der Waals surface area contributed by atoms with Crippen LogP contribution < -0.4 is 4.74 Å². The van der Waals surface area contributed by atoms with Gasteiger partial charge in [0.25, 0.3) is 0 Å². The molecule has 0 aliphatic rings. The zero-order valence-electron chi connectivity index (χ0n) is 41.6. The van der Waals surface area contributed by atoms with Crippen molar-refractivity contribution < 1.29 is 25.2 Å². The Balaban J connectivity index is 0.000000784. The summed E-state index contributed by atoms with van der Waals surface area (Å²) in [5.74, 6) is 1.53. The van der Waals surface area contributed by atoms with E-state index in [1.165, 1.54) is 50.9 Å². The van der Waals surface area contributed by atoms with Crippen molar-refractivity contribution in [2.24, 2.45) is 0 Å². The van der Waals surface area contributed by atoms with Gasteiger partial charge in [-0.25, -0.2) is 0 Å². The van der Waals surface area contributed by atoms with Crippen LogP contribution in [-0.4, -0.2) is 34.6 Å². The average molecular weight is 915 g/mol. The minimum Gasteiger partial charge on any atom is -0.507 e. The number of hydrogen-bond acceptors (Lipinski definition) is 5. The molecule has 0 spiro atoms. The van der Waals surface area contributed by atoms with Crippen LogP contribution in [-0.2, 0) is 0 Å². The quantitative estimate of drug-likeness (QED) is 0.123. The Morgan fingerprint density at radius 3 is 0.750 bits per heavy atom. The third-order valence-corrected chi connectivity index (χ3v) is 9.22. The lowest BCUT2D eigenvalue weighted by Gasteiger charge is -2.09. The van der Waals surface area contributed by atoms with E-state index in [1.54, 1.807) is 25.3 Å². The van der Waals surface area contributed by atoms with E-state index in [2.05, 4.69) is 159 Å². The maximum Gasteiger partial charge on any atom is 0.129 e. The minimum absolute atomic E-state index is 0. The summed E-state index contributed by atoms with van der Waals surface area (Å²) in [6.07, 6.45) is 1.25. The molecule has 10 aromatic rings. The van der Waals surface area contributed by atoms with Crippen LogP contribution in [0.15, 0.2) is 212 Å². The second-order valence-electron chi connectivity index (χ2n) is 13.7. The van der Waals surface area contributed by atoms with Crippen molar-refractivity contribution in [2.75, 3.05) is 14.2 Å². The van der Waals surface area contributed by atoms with Gasteiger partial charge in [-0.1, -0.05) is 263 Å². The number of aromatic hydroxyl groups is 3. The smallest absolute Gasteiger partial charge is 0.129 e. The molecule has 0 heterocycles. The molecule has 0 aromatic heterocycles. The van der Waals surface area contributed by atoms with Gasteiger partial charge in [0, 0.05) is 28.7 Å². The molecule has 10 aromatic carbocycles. The van der Waals surface area contributed by atoms with Gasteiger partial charge in [0.1, 0.15) is 23.0 Å². The van der Waals surface area contributed by atoms with Gasteiger partial charge in [0.05, 0.1) is 7.11 Å². The molecule has 0 radical (unpaired) electrons. The van der Waals surface area contributed by atoms with E-state index in [-0.39, 0.29) is 18.9 Å². The monoisotopic (exact) mass is 915 g/mol. The topological polar surface area (TPSA) is 90.2 Å². The number of benzene rings is 10. The van der Waals surface area contributed by atoms with Crippen LogP contribution in [0.3, 0.4) is 0 Å². The molecule has 4 N–H and O–H groups in total. The number of phenolic OH excluding ortho intramolecular Hbond substituents is 3. The first-order valence-corrected chi connectivity index (χ1v) is 23.3. The number of ether oxygens (including phenoxy) is 1. The van der Waals surface area contributed by atoms with Gasteiger partial charge >= 0.3 is 0 Å². The largest absolute Gasteiger partial charge is 0.507 e. The van der Waals surface area contributed by atoms with E-state index < -0.39 is 0 Å². The molecule has 10 rings (SSSR count). The maximum absolute atomic E-state index is 9.72. The summed E-state index contributed by atoms with van der Waals surface area (Å²) in [5.41, 5.74) is 0.948. The summed E-state index contributed by atoms with van der Waals surface area (Å²) in [5, 5.41) is 46.5. The van der Waals surface area contributed by atoms with Crippen molar-refractivity contribution in [1.29, 1.82) is 0 Å². The number of rotatable bonds is 1. The summed E-state index contributed by atoms with van der Waals surface area (Å²) in [7, 11) is 2.64. The van der Waals surface area contributed by atoms with Gasteiger partial charge in [-0.3, -0.25) is 0 Å². The second-order valence-corrected chi connectivity index (χ2v) is 13.7. The van der Waals surface area contributed by atoms with Crippen molar-refractivity contribution in [1.82, 2.24) is 0 Å². The van der Waals surface area contributed by atoms with Gasteiger partial charge in [-0.05, 0) is 63.0 Å². The molecule has 0 aliphatic heterocycles. The first kappa shape index (κ1) is 60.7. The van der Waals surface area contributed by atoms with Crippen LogP contribution in [0.5, 0.6) is 23.0 Å². The number of methoxy groups -OCH3 is 1. The number of fused-ring (bicyclic) bond motifs is 5. The highest BCUT2D eigenvalue weighted by atomic mass is 16.5. The minimum atomic E-state index is 0. The van der Waals surface area contributed by atoms with E-state index >= 15 is 0 Å². The Morgan fingerprint density at radius 2 is 0.529 bits per heavy atom.